The molecule has 1 aliphatic rings. The molecule has 68 valence electrons. The molecule has 0 amide bonds. The Bertz CT molecular complexity index is 353. The summed E-state index contributed by atoms with van der Waals surface area (Å²) in [7, 11) is 0. The van der Waals surface area contributed by atoms with Crippen LogP contribution in [-0.2, 0) is 0 Å². The number of allylic oxidation sites excluding steroid dienone is 2. The number of nitrogens with two attached hydrogens (primary N) is 1. The average Bonchev–Trinajstić information content (AvgIpc) is 2.56. The van der Waals surface area contributed by atoms with Crippen molar-refractivity contribution < 1.29 is 0 Å². The third kappa shape index (κ3) is 1.57. The van der Waals surface area contributed by atoms with E-state index in [0.717, 1.165) is 17.8 Å². The number of nitrogens with zero attached hydrogens (tertiary/aromatic N) is 1. The van der Waals surface area contributed by atoms with Crippen LogP contribution in [0.3, 0.4) is 0 Å². The maximum absolute atomic E-state index is 5.64. The summed E-state index contributed by atoms with van der Waals surface area (Å²) >= 11 is 0. The zero-order valence-corrected chi connectivity index (χ0v) is 7.88. The zero-order chi connectivity index (χ0) is 9.26. The predicted molar refractivity (Wildman–Crippen MR) is 55.2 cm³/mol. The highest BCUT2D eigenvalue weighted by Crippen LogP contribution is 2.28. The molecule has 13 heavy (non-hydrogen) atoms. The summed E-state index contributed by atoms with van der Waals surface area (Å²) < 4.78 is 0. The molecule has 1 aromatic heterocycles. The normalized spacial score (nSPS) is 15.9. The van der Waals surface area contributed by atoms with E-state index in [1.54, 1.807) is 6.20 Å². The topological polar surface area (TPSA) is 38.9 Å². The van der Waals surface area contributed by atoms with Crippen LogP contribution in [0.25, 0.3) is 5.57 Å². The van der Waals surface area contributed by atoms with E-state index in [4.69, 9.17) is 5.73 Å². The SMILES string of the molecule is Cc1cc(N)cnc1C1=CCCC1. The lowest BCUT2D eigenvalue weighted by atomic mass is 10.1. The molecule has 0 saturated carbocycles. The number of aromatic nitrogens is 1. The average molecular weight is 174 g/mol. The van der Waals surface area contributed by atoms with Gasteiger partial charge in [0.1, 0.15) is 0 Å². The first-order valence-electron chi connectivity index (χ1n) is 4.69. The summed E-state index contributed by atoms with van der Waals surface area (Å²) in [6.07, 6.45) is 7.65. The van der Waals surface area contributed by atoms with Gasteiger partial charge in [-0.3, -0.25) is 4.98 Å². The van der Waals surface area contributed by atoms with Gasteiger partial charge >= 0.3 is 0 Å². The number of pyridine rings is 1. The quantitative estimate of drug-likeness (QED) is 0.710. The molecule has 2 nitrogen and oxygen atoms in total. The molecule has 2 heteroatoms. The van der Waals surface area contributed by atoms with Gasteiger partial charge in [-0.1, -0.05) is 6.08 Å². The van der Waals surface area contributed by atoms with Gasteiger partial charge in [0.25, 0.3) is 0 Å². The van der Waals surface area contributed by atoms with Crippen LogP contribution in [0.1, 0.15) is 30.5 Å². The highest BCUT2D eigenvalue weighted by molar-refractivity contribution is 5.67. The summed E-state index contributed by atoms with van der Waals surface area (Å²) in [5.74, 6) is 0. The van der Waals surface area contributed by atoms with Crippen molar-refractivity contribution in [2.24, 2.45) is 0 Å². The Morgan fingerprint density at radius 1 is 1.46 bits per heavy atom. The van der Waals surface area contributed by atoms with Crippen LogP contribution in [0.4, 0.5) is 5.69 Å². The van der Waals surface area contributed by atoms with Gasteiger partial charge in [0.15, 0.2) is 0 Å². The first-order chi connectivity index (χ1) is 6.27. The van der Waals surface area contributed by atoms with Crippen molar-refractivity contribution in [3.05, 3.63) is 29.6 Å². The van der Waals surface area contributed by atoms with Crippen LogP contribution in [0.5, 0.6) is 0 Å². The van der Waals surface area contributed by atoms with Gasteiger partial charge in [0.2, 0.25) is 0 Å². The van der Waals surface area contributed by atoms with E-state index in [9.17, 15) is 0 Å². The number of hydrogen-bond acceptors (Lipinski definition) is 2. The number of anilines is 1. The fourth-order valence-electron chi connectivity index (χ4n) is 1.82. The minimum absolute atomic E-state index is 0.750. The number of nitrogen functional groups attached to an aromatic ring is 1. The van der Waals surface area contributed by atoms with Crippen LogP contribution in [-0.4, -0.2) is 4.98 Å². The van der Waals surface area contributed by atoms with Crippen molar-refractivity contribution in [2.75, 3.05) is 5.73 Å². The van der Waals surface area contributed by atoms with Crippen LogP contribution in [0.2, 0.25) is 0 Å². The Hall–Kier alpha value is -1.31. The maximum atomic E-state index is 5.64. The van der Waals surface area contributed by atoms with Gasteiger partial charge in [0, 0.05) is 0 Å². The Morgan fingerprint density at radius 3 is 2.92 bits per heavy atom. The maximum Gasteiger partial charge on any atom is 0.0689 e. The molecule has 1 heterocycles. The summed E-state index contributed by atoms with van der Waals surface area (Å²) in [6.45, 7) is 2.07. The predicted octanol–water partition coefficient (Wildman–Crippen LogP) is 2.54. The van der Waals surface area contributed by atoms with E-state index in [-0.39, 0.29) is 0 Å². The summed E-state index contributed by atoms with van der Waals surface area (Å²) in [5.41, 5.74) is 10.1. The summed E-state index contributed by atoms with van der Waals surface area (Å²) in [4.78, 5) is 4.37. The van der Waals surface area contributed by atoms with Crippen LogP contribution in [0.15, 0.2) is 18.3 Å². The van der Waals surface area contributed by atoms with Crippen LogP contribution >= 0.6 is 0 Å². The Kier molecular flexibility index (Phi) is 2.05. The van der Waals surface area contributed by atoms with E-state index in [1.165, 1.54) is 24.0 Å². The highest BCUT2D eigenvalue weighted by Gasteiger charge is 2.10. The molecule has 0 fully saturated rings. The monoisotopic (exact) mass is 174 g/mol. The van der Waals surface area contributed by atoms with E-state index in [2.05, 4.69) is 18.0 Å². The molecule has 2 rings (SSSR count). The first-order valence-corrected chi connectivity index (χ1v) is 4.69. The van der Waals surface area contributed by atoms with Crippen molar-refractivity contribution in [2.45, 2.75) is 26.2 Å². The van der Waals surface area contributed by atoms with Gasteiger partial charge in [-0.15, -0.1) is 0 Å². The second-order valence-corrected chi connectivity index (χ2v) is 3.56. The standard InChI is InChI=1S/C11H14N2/c1-8-6-10(12)7-13-11(8)9-4-2-3-5-9/h4,6-7H,2-3,5,12H2,1H3. The van der Waals surface area contributed by atoms with E-state index in [1.807, 2.05) is 6.07 Å². The fraction of sp³-hybridized carbons (Fsp3) is 0.364. The molecule has 0 bridgehead atoms. The second kappa shape index (κ2) is 3.21. The smallest absolute Gasteiger partial charge is 0.0689 e. The van der Waals surface area contributed by atoms with Gasteiger partial charge in [-0.2, -0.15) is 0 Å². The van der Waals surface area contributed by atoms with Gasteiger partial charge < -0.3 is 5.73 Å². The van der Waals surface area contributed by atoms with Crippen molar-refractivity contribution >= 4 is 11.3 Å². The Morgan fingerprint density at radius 2 is 2.31 bits per heavy atom. The lowest BCUT2D eigenvalue weighted by Gasteiger charge is -2.05. The summed E-state index contributed by atoms with van der Waals surface area (Å²) in [6, 6.07) is 1.99. The fourth-order valence-corrected chi connectivity index (χ4v) is 1.82. The molecule has 0 saturated heterocycles. The summed E-state index contributed by atoms with van der Waals surface area (Å²) in [5, 5.41) is 0. The van der Waals surface area contributed by atoms with Crippen molar-refractivity contribution in [3.8, 4) is 0 Å². The van der Waals surface area contributed by atoms with Crippen molar-refractivity contribution in [1.29, 1.82) is 0 Å². The van der Waals surface area contributed by atoms with E-state index < -0.39 is 0 Å². The van der Waals surface area contributed by atoms with Crippen LogP contribution < -0.4 is 5.73 Å². The lowest BCUT2D eigenvalue weighted by molar-refractivity contribution is 0.932. The number of hydrogen-bond donors (Lipinski definition) is 1. The lowest BCUT2D eigenvalue weighted by Crippen LogP contribution is -1.94. The molecule has 1 aliphatic carbocycles. The molecular weight excluding hydrogens is 160 g/mol. The number of aryl methyl sites for hydroxylation is 1. The number of rotatable bonds is 1. The largest absolute Gasteiger partial charge is 0.397 e. The highest BCUT2D eigenvalue weighted by atomic mass is 14.7. The van der Waals surface area contributed by atoms with Gasteiger partial charge in [-0.05, 0) is 43.4 Å². The Labute approximate surface area is 78.5 Å². The third-order valence-electron chi connectivity index (χ3n) is 2.44. The molecule has 0 radical (unpaired) electrons. The Balaban J connectivity index is 2.40. The zero-order valence-electron chi connectivity index (χ0n) is 7.88. The second-order valence-electron chi connectivity index (χ2n) is 3.56. The molecule has 0 unspecified atom stereocenters. The van der Waals surface area contributed by atoms with Crippen LogP contribution in [0, 0.1) is 6.92 Å². The van der Waals surface area contributed by atoms with Gasteiger partial charge in [-0.25, -0.2) is 0 Å². The molecule has 0 aromatic carbocycles. The molecule has 2 N–H and O–H groups in total. The van der Waals surface area contributed by atoms with Crippen molar-refractivity contribution in [3.63, 3.8) is 0 Å². The molecule has 0 atom stereocenters. The third-order valence-corrected chi connectivity index (χ3v) is 2.44. The van der Waals surface area contributed by atoms with E-state index >= 15 is 0 Å². The van der Waals surface area contributed by atoms with E-state index in [0.29, 0.717) is 0 Å². The first kappa shape index (κ1) is 8.30. The minimum atomic E-state index is 0.750. The molecule has 0 spiro atoms. The molecule has 1 aromatic rings. The molecule has 0 aliphatic heterocycles. The van der Waals surface area contributed by atoms with Gasteiger partial charge in [0.05, 0.1) is 17.6 Å². The molecular formula is C11H14N2. The van der Waals surface area contributed by atoms with Crippen molar-refractivity contribution in [1.82, 2.24) is 4.98 Å². The minimum Gasteiger partial charge on any atom is -0.397 e.